The minimum absolute atomic E-state index is 0.0603. The van der Waals surface area contributed by atoms with Crippen LogP contribution in [0.15, 0.2) is 12.1 Å². The fraction of sp³-hybridized carbons (Fsp3) is 0.571. The third-order valence-electron chi connectivity index (χ3n) is 3.86. The molecule has 3 nitrogen and oxygen atoms in total. The van der Waals surface area contributed by atoms with Gasteiger partial charge in [-0.3, -0.25) is 0 Å². The average molecular weight is 289 g/mol. The van der Waals surface area contributed by atoms with E-state index in [9.17, 15) is 13.2 Å². The second-order valence-corrected chi connectivity index (χ2v) is 5.11. The highest BCUT2D eigenvalue weighted by Crippen LogP contribution is 2.46. The Bertz CT molecular complexity index is 494. The number of nitrogens with two attached hydrogens (primary N) is 1. The highest BCUT2D eigenvalue weighted by molar-refractivity contribution is 5.51. The van der Waals surface area contributed by atoms with Crippen molar-refractivity contribution in [2.45, 2.75) is 37.4 Å². The number of hydrogen-bond donors (Lipinski definition) is 1. The van der Waals surface area contributed by atoms with E-state index >= 15 is 0 Å². The molecule has 0 heterocycles. The van der Waals surface area contributed by atoms with Crippen molar-refractivity contribution in [2.75, 3.05) is 14.2 Å². The van der Waals surface area contributed by atoms with Crippen molar-refractivity contribution >= 4 is 0 Å². The molecule has 1 saturated carbocycles. The molecule has 1 aliphatic carbocycles. The molecule has 0 aliphatic heterocycles. The Balaban J connectivity index is 2.64. The van der Waals surface area contributed by atoms with Crippen molar-refractivity contribution < 1.29 is 22.6 Å². The van der Waals surface area contributed by atoms with Crippen molar-refractivity contribution in [2.24, 2.45) is 5.73 Å². The predicted octanol–water partition coefficient (Wildman–Crippen LogP) is 3.45. The van der Waals surface area contributed by atoms with Gasteiger partial charge in [0, 0.05) is 5.54 Å². The molecule has 112 valence electrons. The zero-order valence-electron chi connectivity index (χ0n) is 11.5. The Morgan fingerprint density at radius 3 is 2.00 bits per heavy atom. The summed E-state index contributed by atoms with van der Waals surface area (Å²) in [5.41, 5.74) is 4.62. The summed E-state index contributed by atoms with van der Waals surface area (Å²) < 4.78 is 49.9. The van der Waals surface area contributed by atoms with Gasteiger partial charge in [0.1, 0.15) is 0 Å². The van der Waals surface area contributed by atoms with Gasteiger partial charge in [-0.05, 0) is 30.5 Å². The van der Waals surface area contributed by atoms with Crippen LogP contribution in [0.3, 0.4) is 0 Å². The van der Waals surface area contributed by atoms with E-state index < -0.39 is 17.3 Å². The molecule has 20 heavy (non-hydrogen) atoms. The lowest BCUT2D eigenvalue weighted by Crippen LogP contribution is -2.35. The fourth-order valence-corrected chi connectivity index (χ4v) is 2.80. The quantitative estimate of drug-likeness (QED) is 0.927. The fourth-order valence-electron chi connectivity index (χ4n) is 2.80. The third-order valence-corrected chi connectivity index (χ3v) is 3.86. The smallest absolute Gasteiger partial charge is 0.416 e. The van der Waals surface area contributed by atoms with Gasteiger partial charge in [0.25, 0.3) is 0 Å². The Morgan fingerprint density at radius 2 is 1.55 bits per heavy atom. The SMILES string of the molecule is COc1cc(C(F)(F)F)c(C2(N)CCCC2)cc1OC. The molecule has 0 saturated heterocycles. The molecule has 2 N–H and O–H groups in total. The maximum Gasteiger partial charge on any atom is 0.416 e. The van der Waals surface area contributed by atoms with Gasteiger partial charge in [0.2, 0.25) is 0 Å². The lowest BCUT2D eigenvalue weighted by atomic mass is 9.85. The maximum atomic E-state index is 13.3. The Hall–Kier alpha value is -1.43. The van der Waals surface area contributed by atoms with Crippen LogP contribution in [0.25, 0.3) is 0 Å². The number of halogens is 3. The number of rotatable bonds is 3. The van der Waals surface area contributed by atoms with E-state index in [1.165, 1.54) is 20.3 Å². The summed E-state index contributed by atoms with van der Waals surface area (Å²) in [4.78, 5) is 0. The maximum absolute atomic E-state index is 13.3. The lowest BCUT2D eigenvalue weighted by Gasteiger charge is -2.29. The molecule has 1 aromatic carbocycles. The van der Waals surface area contributed by atoms with Gasteiger partial charge < -0.3 is 15.2 Å². The molecule has 0 amide bonds. The van der Waals surface area contributed by atoms with E-state index in [0.29, 0.717) is 12.8 Å². The molecule has 0 spiro atoms. The average Bonchev–Trinajstić information content (AvgIpc) is 2.84. The molecular weight excluding hydrogens is 271 g/mol. The Labute approximate surface area is 115 Å². The van der Waals surface area contributed by atoms with Crippen LogP contribution in [0.1, 0.15) is 36.8 Å². The van der Waals surface area contributed by atoms with Crippen molar-refractivity contribution in [3.05, 3.63) is 23.3 Å². The topological polar surface area (TPSA) is 44.5 Å². The summed E-state index contributed by atoms with van der Waals surface area (Å²) in [5, 5.41) is 0. The summed E-state index contributed by atoms with van der Waals surface area (Å²) in [6, 6.07) is 2.34. The van der Waals surface area contributed by atoms with Crippen molar-refractivity contribution in [1.29, 1.82) is 0 Å². The second-order valence-electron chi connectivity index (χ2n) is 5.11. The number of alkyl halides is 3. The first-order chi connectivity index (χ1) is 9.31. The van der Waals surface area contributed by atoms with E-state index in [0.717, 1.165) is 18.9 Å². The number of hydrogen-bond acceptors (Lipinski definition) is 3. The summed E-state index contributed by atoms with van der Waals surface area (Å²) in [6.45, 7) is 0. The first kappa shape index (κ1) is 15.0. The second kappa shape index (κ2) is 5.16. The molecule has 0 atom stereocenters. The standard InChI is InChI=1S/C14H18F3NO2/c1-19-11-7-9(13(18)5-3-4-6-13)10(14(15,16)17)8-12(11)20-2/h7-8H,3-6,18H2,1-2H3. The van der Waals surface area contributed by atoms with Crippen LogP contribution >= 0.6 is 0 Å². The first-order valence-electron chi connectivity index (χ1n) is 6.44. The van der Waals surface area contributed by atoms with Crippen LogP contribution < -0.4 is 15.2 Å². The summed E-state index contributed by atoms with van der Waals surface area (Å²) in [7, 11) is 2.71. The zero-order chi connectivity index (χ0) is 15.0. The van der Waals surface area contributed by atoms with Crippen LogP contribution in [0.5, 0.6) is 11.5 Å². The van der Waals surface area contributed by atoms with E-state index in [1.807, 2.05) is 0 Å². The van der Waals surface area contributed by atoms with E-state index in [4.69, 9.17) is 15.2 Å². The van der Waals surface area contributed by atoms with Crippen LogP contribution in [-0.4, -0.2) is 14.2 Å². The van der Waals surface area contributed by atoms with E-state index in [-0.39, 0.29) is 17.1 Å². The van der Waals surface area contributed by atoms with E-state index in [2.05, 4.69) is 0 Å². The molecule has 0 bridgehead atoms. The van der Waals surface area contributed by atoms with Crippen LogP contribution in [0.2, 0.25) is 0 Å². The minimum atomic E-state index is -4.47. The van der Waals surface area contributed by atoms with Crippen LogP contribution in [0.4, 0.5) is 13.2 Å². The monoisotopic (exact) mass is 289 g/mol. The summed E-state index contributed by atoms with van der Waals surface area (Å²) >= 11 is 0. The Kier molecular flexibility index (Phi) is 3.86. The molecule has 1 fully saturated rings. The summed E-state index contributed by atoms with van der Waals surface area (Å²) in [6.07, 6.45) is -1.70. The van der Waals surface area contributed by atoms with E-state index in [1.54, 1.807) is 0 Å². The van der Waals surface area contributed by atoms with Gasteiger partial charge in [0.05, 0.1) is 19.8 Å². The van der Waals surface area contributed by atoms with Gasteiger partial charge in [-0.25, -0.2) is 0 Å². The third kappa shape index (κ3) is 2.57. The van der Waals surface area contributed by atoms with Crippen molar-refractivity contribution in [1.82, 2.24) is 0 Å². The number of methoxy groups -OCH3 is 2. The molecule has 0 radical (unpaired) electrons. The summed E-state index contributed by atoms with van der Waals surface area (Å²) in [5.74, 6) is 0.331. The van der Waals surface area contributed by atoms with Crippen LogP contribution in [-0.2, 0) is 11.7 Å². The highest BCUT2D eigenvalue weighted by Gasteiger charge is 2.42. The van der Waals surface area contributed by atoms with Gasteiger partial charge in [-0.2, -0.15) is 13.2 Å². The van der Waals surface area contributed by atoms with Gasteiger partial charge in [-0.15, -0.1) is 0 Å². The van der Waals surface area contributed by atoms with Gasteiger partial charge in [0.15, 0.2) is 11.5 Å². The minimum Gasteiger partial charge on any atom is -0.493 e. The largest absolute Gasteiger partial charge is 0.493 e. The van der Waals surface area contributed by atoms with Gasteiger partial charge >= 0.3 is 6.18 Å². The highest BCUT2D eigenvalue weighted by atomic mass is 19.4. The van der Waals surface area contributed by atoms with Crippen molar-refractivity contribution in [3.63, 3.8) is 0 Å². The molecule has 2 rings (SSSR count). The molecular formula is C14H18F3NO2. The molecule has 0 aromatic heterocycles. The molecule has 1 aromatic rings. The lowest BCUT2D eigenvalue weighted by molar-refractivity contribution is -0.139. The number of ether oxygens (including phenoxy) is 2. The van der Waals surface area contributed by atoms with Gasteiger partial charge in [-0.1, -0.05) is 12.8 Å². The number of benzene rings is 1. The molecule has 0 unspecified atom stereocenters. The van der Waals surface area contributed by atoms with Crippen LogP contribution in [0, 0.1) is 0 Å². The first-order valence-corrected chi connectivity index (χ1v) is 6.44. The molecule has 6 heteroatoms. The normalized spacial score (nSPS) is 18.1. The zero-order valence-corrected chi connectivity index (χ0v) is 11.5. The predicted molar refractivity (Wildman–Crippen MR) is 68.9 cm³/mol. The van der Waals surface area contributed by atoms with Crippen molar-refractivity contribution in [3.8, 4) is 11.5 Å². The Morgan fingerprint density at radius 1 is 1.05 bits per heavy atom. The molecule has 1 aliphatic rings.